The molecule has 0 fully saturated rings. The maximum Gasteiger partial charge on any atom is 0.495 e. The van der Waals surface area contributed by atoms with Gasteiger partial charge in [0.2, 0.25) is 0 Å². The molecule has 0 bridgehead atoms. The maximum atomic E-state index is 14.4. The van der Waals surface area contributed by atoms with E-state index in [-0.39, 0.29) is 5.69 Å². The number of halogens is 7. The van der Waals surface area contributed by atoms with E-state index in [2.05, 4.69) is 15.1 Å². The van der Waals surface area contributed by atoms with Crippen LogP contribution in [0.4, 0.5) is 37.7 Å². The van der Waals surface area contributed by atoms with Crippen LogP contribution in [0.15, 0.2) is 24.3 Å². The van der Waals surface area contributed by atoms with Gasteiger partial charge in [0.15, 0.2) is 11.6 Å². The predicted octanol–water partition coefficient (Wildman–Crippen LogP) is 4.09. The van der Waals surface area contributed by atoms with Gasteiger partial charge in [-0.2, -0.15) is 13.2 Å². The molecule has 0 heterocycles. The van der Waals surface area contributed by atoms with E-state index < -0.39 is 58.9 Å². The molecule has 0 unspecified atom stereocenters. The van der Waals surface area contributed by atoms with Gasteiger partial charge >= 0.3 is 18.1 Å². The Morgan fingerprint density at radius 1 is 1.07 bits per heavy atom. The molecule has 0 radical (unpaired) electrons. The second-order valence-corrected chi connectivity index (χ2v) is 6.52. The maximum absolute atomic E-state index is 14.4. The highest BCUT2D eigenvalue weighted by molar-refractivity contribution is 14.1. The number of carbonyl (C=O) groups excluding carboxylic acids is 2. The Kier molecular flexibility index (Phi) is 6.94. The van der Waals surface area contributed by atoms with Crippen LogP contribution in [0.2, 0.25) is 0 Å². The Morgan fingerprint density at radius 2 is 1.72 bits per heavy atom. The molecular formula is C16H9F6IN2O4. The van der Waals surface area contributed by atoms with Crippen molar-refractivity contribution in [3.63, 3.8) is 0 Å². The van der Waals surface area contributed by atoms with Crippen molar-refractivity contribution >= 4 is 45.9 Å². The number of rotatable bonds is 4. The van der Waals surface area contributed by atoms with E-state index in [0.717, 1.165) is 12.1 Å². The molecule has 0 aromatic heterocycles. The molecule has 29 heavy (non-hydrogen) atoms. The van der Waals surface area contributed by atoms with Crippen molar-refractivity contribution in [2.45, 2.75) is 12.7 Å². The van der Waals surface area contributed by atoms with Crippen LogP contribution < -0.4 is 11.1 Å². The Hall–Kier alpha value is -2.55. The van der Waals surface area contributed by atoms with Crippen LogP contribution >= 0.6 is 22.6 Å². The van der Waals surface area contributed by atoms with E-state index in [0.29, 0.717) is 9.64 Å². The number of anilines is 2. The first-order valence-corrected chi connectivity index (χ1v) is 8.46. The number of nitrogens with two attached hydrogens (primary N) is 1. The van der Waals surface area contributed by atoms with E-state index in [1.807, 2.05) is 0 Å². The molecule has 156 valence electrons. The van der Waals surface area contributed by atoms with Gasteiger partial charge in [-0.1, -0.05) is 0 Å². The van der Waals surface area contributed by atoms with Crippen molar-refractivity contribution in [1.29, 1.82) is 0 Å². The molecule has 2 aromatic carbocycles. The van der Waals surface area contributed by atoms with Gasteiger partial charge in [-0.05, 0) is 46.9 Å². The summed E-state index contributed by atoms with van der Waals surface area (Å²) in [7, 11) is 0. The zero-order valence-electron chi connectivity index (χ0n) is 13.9. The molecule has 2 aromatic rings. The molecule has 0 saturated heterocycles. The van der Waals surface area contributed by atoms with E-state index >= 15 is 0 Å². The highest BCUT2D eigenvalue weighted by atomic mass is 127. The first kappa shape index (κ1) is 22.7. The van der Waals surface area contributed by atoms with Gasteiger partial charge in [0, 0.05) is 15.7 Å². The molecule has 0 aliphatic rings. The molecule has 0 aliphatic carbocycles. The first-order valence-electron chi connectivity index (χ1n) is 7.38. The fourth-order valence-electron chi connectivity index (χ4n) is 2.00. The minimum absolute atomic E-state index is 0.384. The van der Waals surface area contributed by atoms with Crippen molar-refractivity contribution < 1.29 is 45.7 Å². The van der Waals surface area contributed by atoms with Crippen LogP contribution in [0.1, 0.15) is 15.9 Å². The highest BCUT2D eigenvalue weighted by Crippen LogP contribution is 2.31. The summed E-state index contributed by atoms with van der Waals surface area (Å²) in [6, 6.07) is 4.24. The second-order valence-electron chi connectivity index (χ2n) is 5.28. The van der Waals surface area contributed by atoms with Gasteiger partial charge in [0.1, 0.15) is 5.82 Å². The average molecular weight is 534 g/mol. The van der Waals surface area contributed by atoms with E-state index in [1.54, 1.807) is 22.6 Å². The lowest BCUT2D eigenvalue weighted by Crippen LogP contribution is -2.27. The van der Waals surface area contributed by atoms with Crippen LogP contribution in [-0.4, -0.2) is 18.1 Å². The first-order chi connectivity index (χ1) is 13.5. The highest BCUT2D eigenvalue weighted by Gasteiger charge is 2.43. The van der Waals surface area contributed by atoms with Gasteiger partial charge in [-0.15, -0.1) is 0 Å². The Labute approximate surface area is 172 Å². The SMILES string of the molecule is NCc1cc(C(=O)OOC(=O)C(F)(F)F)c(Nc2ccc(I)cc2F)c(F)c1F. The third kappa shape index (κ3) is 5.29. The molecule has 0 aliphatic heterocycles. The van der Waals surface area contributed by atoms with Crippen molar-refractivity contribution in [2.75, 3.05) is 5.32 Å². The van der Waals surface area contributed by atoms with Gasteiger partial charge in [-0.25, -0.2) is 32.5 Å². The zero-order chi connectivity index (χ0) is 21.9. The molecule has 13 heteroatoms. The van der Waals surface area contributed by atoms with Gasteiger partial charge in [-0.3, -0.25) is 0 Å². The fourth-order valence-corrected chi connectivity index (χ4v) is 2.46. The number of carbonyl (C=O) groups is 2. The molecular weight excluding hydrogens is 525 g/mol. The summed E-state index contributed by atoms with van der Waals surface area (Å²) < 4.78 is 79.4. The summed E-state index contributed by atoms with van der Waals surface area (Å²) in [5, 5.41) is 2.13. The second kappa shape index (κ2) is 8.86. The normalized spacial score (nSPS) is 11.2. The summed E-state index contributed by atoms with van der Waals surface area (Å²) in [5.41, 5.74) is 2.46. The third-order valence-electron chi connectivity index (χ3n) is 3.34. The minimum Gasteiger partial charge on any atom is -0.350 e. The largest absolute Gasteiger partial charge is 0.495 e. The topological polar surface area (TPSA) is 90.7 Å². The van der Waals surface area contributed by atoms with Crippen LogP contribution in [0, 0.1) is 21.0 Å². The number of hydrogen-bond donors (Lipinski definition) is 2. The third-order valence-corrected chi connectivity index (χ3v) is 4.01. The fraction of sp³-hybridized carbons (Fsp3) is 0.125. The van der Waals surface area contributed by atoms with Crippen molar-refractivity contribution in [2.24, 2.45) is 5.73 Å². The molecule has 0 atom stereocenters. The van der Waals surface area contributed by atoms with Crippen molar-refractivity contribution in [3.8, 4) is 0 Å². The Balaban J connectivity index is 2.45. The average Bonchev–Trinajstić information content (AvgIpc) is 2.64. The van der Waals surface area contributed by atoms with Gasteiger partial charge in [0.05, 0.1) is 16.9 Å². The smallest absolute Gasteiger partial charge is 0.350 e. The Morgan fingerprint density at radius 3 is 2.28 bits per heavy atom. The van der Waals surface area contributed by atoms with E-state index in [9.17, 15) is 35.9 Å². The number of hydrogen-bond acceptors (Lipinski definition) is 6. The summed E-state index contributed by atoms with van der Waals surface area (Å²) in [4.78, 5) is 29.8. The quantitative estimate of drug-likeness (QED) is 0.266. The Bertz CT molecular complexity index is 967. The van der Waals surface area contributed by atoms with Crippen LogP contribution in [0.25, 0.3) is 0 Å². The lowest BCUT2D eigenvalue weighted by Gasteiger charge is -2.15. The molecule has 2 rings (SSSR count). The number of alkyl halides is 3. The van der Waals surface area contributed by atoms with Crippen LogP contribution in [-0.2, 0) is 21.1 Å². The lowest BCUT2D eigenvalue weighted by atomic mass is 10.1. The molecule has 0 spiro atoms. The van der Waals surface area contributed by atoms with E-state index in [1.165, 1.54) is 6.07 Å². The molecule has 3 N–H and O–H groups in total. The summed E-state index contributed by atoms with van der Waals surface area (Å²) in [6.07, 6.45) is -5.47. The predicted molar refractivity (Wildman–Crippen MR) is 94.2 cm³/mol. The zero-order valence-corrected chi connectivity index (χ0v) is 16.0. The van der Waals surface area contributed by atoms with Crippen LogP contribution in [0.5, 0.6) is 0 Å². The van der Waals surface area contributed by atoms with Gasteiger partial charge < -0.3 is 11.1 Å². The number of benzene rings is 2. The van der Waals surface area contributed by atoms with E-state index in [4.69, 9.17) is 5.73 Å². The summed E-state index contributed by atoms with van der Waals surface area (Å²) in [6.45, 7) is -0.594. The monoisotopic (exact) mass is 534 g/mol. The van der Waals surface area contributed by atoms with Gasteiger partial charge in [0.25, 0.3) is 0 Å². The molecule has 6 nitrogen and oxygen atoms in total. The van der Waals surface area contributed by atoms with Crippen LogP contribution in [0.3, 0.4) is 0 Å². The molecule has 0 saturated carbocycles. The van der Waals surface area contributed by atoms with Crippen molar-refractivity contribution in [3.05, 3.63) is 56.4 Å². The van der Waals surface area contributed by atoms with Crippen molar-refractivity contribution in [1.82, 2.24) is 0 Å². The number of nitrogens with one attached hydrogen (secondary N) is 1. The standard InChI is InChI=1S/C16H9F6IN2O4/c17-9-4-7(23)1-2-10(9)25-13-8(3-6(5-24)11(18)12(13)19)14(26)28-29-15(27)16(20,21)22/h1-4,25H,5,24H2. The molecule has 0 amide bonds. The minimum atomic E-state index is -5.47. The summed E-state index contributed by atoms with van der Waals surface area (Å²) >= 11 is 1.78. The lowest BCUT2D eigenvalue weighted by molar-refractivity contribution is -0.270. The summed E-state index contributed by atoms with van der Waals surface area (Å²) in [5.74, 6) is -8.71.